The molecule has 0 spiro atoms. The van der Waals surface area contributed by atoms with Crippen molar-refractivity contribution < 1.29 is 26.8 Å². The fourth-order valence-corrected chi connectivity index (χ4v) is 5.36. The van der Waals surface area contributed by atoms with Crippen molar-refractivity contribution in [3.8, 4) is 0 Å². The largest absolute Gasteiger partial charge is 0.352 e. The molecule has 0 heterocycles. The van der Waals surface area contributed by atoms with Gasteiger partial charge in [0, 0.05) is 32.0 Å². The zero-order valence-electron chi connectivity index (χ0n) is 23.6. The van der Waals surface area contributed by atoms with E-state index in [-0.39, 0.29) is 50.2 Å². The molecule has 3 rings (SSSR count). The van der Waals surface area contributed by atoms with Gasteiger partial charge in [0.15, 0.2) is 0 Å². The molecule has 3 aromatic carbocycles. The summed E-state index contributed by atoms with van der Waals surface area (Å²) in [5.41, 5.74) is 1.81. The maximum absolute atomic E-state index is 13.8. The summed E-state index contributed by atoms with van der Waals surface area (Å²) in [7, 11) is -3.70. The summed E-state index contributed by atoms with van der Waals surface area (Å²) < 4.78 is 53.1. The fourth-order valence-electron chi connectivity index (χ4n) is 4.39. The predicted octanol–water partition coefficient (Wildman–Crippen LogP) is 5.07. The Balaban J connectivity index is 1.88. The van der Waals surface area contributed by atoms with E-state index < -0.39 is 27.7 Å². The van der Waals surface area contributed by atoms with Gasteiger partial charge in [-0.05, 0) is 67.3 Å². The first-order valence-electron chi connectivity index (χ1n) is 13.6. The Hall–Kier alpha value is -3.79. The lowest BCUT2D eigenvalue weighted by molar-refractivity contribution is -0.141. The highest BCUT2D eigenvalue weighted by atomic mass is 32.2. The summed E-state index contributed by atoms with van der Waals surface area (Å²) in [4.78, 5) is 28.8. The smallest absolute Gasteiger partial charge is 0.243 e. The molecule has 10 heteroatoms. The Bertz CT molecular complexity index is 1390. The van der Waals surface area contributed by atoms with Crippen molar-refractivity contribution in [1.29, 1.82) is 0 Å². The molecule has 0 bridgehead atoms. The quantitative estimate of drug-likeness (QED) is 0.286. The van der Waals surface area contributed by atoms with Crippen LogP contribution in [-0.4, -0.2) is 50.0 Å². The molecular weight excluding hydrogens is 548 g/mol. The number of nitrogens with zero attached hydrogens (tertiary/aromatic N) is 2. The zero-order valence-corrected chi connectivity index (χ0v) is 24.4. The van der Waals surface area contributed by atoms with Crippen LogP contribution in [0.1, 0.15) is 44.2 Å². The molecule has 0 aromatic heterocycles. The highest BCUT2D eigenvalue weighted by Gasteiger charge is 2.31. The van der Waals surface area contributed by atoms with Crippen molar-refractivity contribution in [2.24, 2.45) is 0 Å². The first kappa shape index (κ1) is 31.7. The number of halogens is 2. The van der Waals surface area contributed by atoms with E-state index in [4.69, 9.17) is 0 Å². The van der Waals surface area contributed by atoms with Gasteiger partial charge in [0.2, 0.25) is 21.8 Å². The van der Waals surface area contributed by atoms with Crippen LogP contribution < -0.4 is 9.62 Å². The molecule has 7 nitrogen and oxygen atoms in total. The van der Waals surface area contributed by atoms with Crippen LogP contribution in [0.25, 0.3) is 0 Å². The first-order chi connectivity index (χ1) is 19.5. The molecule has 3 aromatic rings. The number of nitrogens with one attached hydrogen (secondary N) is 1. The maximum Gasteiger partial charge on any atom is 0.243 e. The Morgan fingerprint density at radius 3 is 2.02 bits per heavy atom. The third-order valence-electron chi connectivity index (χ3n) is 6.81. The highest BCUT2D eigenvalue weighted by molar-refractivity contribution is 7.92. The van der Waals surface area contributed by atoms with Gasteiger partial charge in [-0.15, -0.1) is 0 Å². The van der Waals surface area contributed by atoms with E-state index >= 15 is 0 Å². The van der Waals surface area contributed by atoms with Crippen molar-refractivity contribution in [3.63, 3.8) is 0 Å². The van der Waals surface area contributed by atoms with Gasteiger partial charge >= 0.3 is 0 Å². The minimum absolute atomic E-state index is 0.0109. The number of hydrogen-bond acceptors (Lipinski definition) is 4. The monoisotopic (exact) mass is 585 g/mol. The summed E-state index contributed by atoms with van der Waals surface area (Å²) in [5, 5.41) is 2.99. The minimum atomic E-state index is -3.70. The van der Waals surface area contributed by atoms with E-state index in [1.54, 1.807) is 12.1 Å². The Morgan fingerprint density at radius 1 is 0.878 bits per heavy atom. The lowest BCUT2D eigenvalue weighted by atomic mass is 10.0. The van der Waals surface area contributed by atoms with Gasteiger partial charge < -0.3 is 10.2 Å². The van der Waals surface area contributed by atoms with Crippen LogP contribution in [-0.2, 0) is 32.6 Å². The van der Waals surface area contributed by atoms with E-state index in [0.717, 1.165) is 16.1 Å². The average Bonchev–Trinajstić information content (AvgIpc) is 2.94. The Kier molecular flexibility index (Phi) is 11.4. The molecule has 1 N–H and O–H groups in total. The van der Waals surface area contributed by atoms with Crippen molar-refractivity contribution in [2.45, 2.75) is 58.2 Å². The molecule has 41 heavy (non-hydrogen) atoms. The van der Waals surface area contributed by atoms with Gasteiger partial charge in [-0.2, -0.15) is 0 Å². The van der Waals surface area contributed by atoms with Gasteiger partial charge in [-0.25, -0.2) is 17.2 Å². The van der Waals surface area contributed by atoms with Crippen LogP contribution in [0.4, 0.5) is 14.5 Å². The van der Waals surface area contributed by atoms with Crippen LogP contribution in [0.3, 0.4) is 0 Å². The molecule has 2 amide bonds. The van der Waals surface area contributed by atoms with E-state index in [0.29, 0.717) is 17.7 Å². The molecule has 2 unspecified atom stereocenters. The topological polar surface area (TPSA) is 86.8 Å². The summed E-state index contributed by atoms with van der Waals surface area (Å²) in [6.07, 6.45) is 2.14. The first-order valence-corrected chi connectivity index (χ1v) is 15.4. The Labute approximate surface area is 241 Å². The number of carbonyl (C=O) groups is 2. The lowest BCUT2D eigenvalue weighted by Gasteiger charge is -2.32. The molecule has 0 aliphatic rings. The second-order valence-corrected chi connectivity index (χ2v) is 12.0. The Morgan fingerprint density at radius 2 is 1.46 bits per heavy atom. The second-order valence-electron chi connectivity index (χ2n) is 10.1. The summed E-state index contributed by atoms with van der Waals surface area (Å²) >= 11 is 0. The second kappa shape index (κ2) is 14.7. The van der Waals surface area contributed by atoms with E-state index in [9.17, 15) is 26.8 Å². The fraction of sp³-hybridized carbons (Fsp3) is 0.355. The molecule has 0 radical (unpaired) electrons. The highest BCUT2D eigenvalue weighted by Crippen LogP contribution is 2.21. The molecule has 0 saturated heterocycles. The number of anilines is 1. The van der Waals surface area contributed by atoms with Gasteiger partial charge in [0.25, 0.3) is 0 Å². The van der Waals surface area contributed by atoms with E-state index in [2.05, 4.69) is 5.32 Å². The van der Waals surface area contributed by atoms with Gasteiger partial charge in [0.1, 0.15) is 17.7 Å². The lowest BCUT2D eigenvalue weighted by Crippen LogP contribution is -2.52. The molecule has 0 aliphatic carbocycles. The van der Waals surface area contributed by atoms with E-state index in [1.807, 2.05) is 44.2 Å². The minimum Gasteiger partial charge on any atom is -0.352 e. The molecule has 0 fully saturated rings. The van der Waals surface area contributed by atoms with Crippen LogP contribution in [0.5, 0.6) is 0 Å². The van der Waals surface area contributed by atoms with Crippen molar-refractivity contribution in [1.82, 2.24) is 10.2 Å². The number of carbonyl (C=O) groups excluding carboxylic acids is 2. The standard InChI is InChI=1S/C31H37F2N3O4S/c1-4-23(2)34-31(38)29(21-24-9-6-5-7-10-24)35(22-25-12-14-26(32)15-13-25)30(37)11-8-20-36(41(3,39)40)28-18-16-27(33)17-19-28/h5-7,9-10,12-19,23,29H,4,8,11,20-22H2,1-3H3,(H,34,38). The number of rotatable bonds is 14. The molecule has 2 atom stereocenters. The number of sulfonamides is 1. The number of benzene rings is 3. The molecule has 0 aliphatic heterocycles. The third-order valence-corrected chi connectivity index (χ3v) is 8.00. The third kappa shape index (κ3) is 9.67. The normalized spacial score (nSPS) is 12.8. The van der Waals surface area contributed by atoms with Crippen molar-refractivity contribution in [3.05, 3.63) is 102 Å². The number of amides is 2. The number of hydrogen-bond donors (Lipinski definition) is 1. The van der Waals surface area contributed by atoms with Crippen LogP contribution >= 0.6 is 0 Å². The van der Waals surface area contributed by atoms with Crippen LogP contribution in [0, 0.1) is 11.6 Å². The van der Waals surface area contributed by atoms with Crippen molar-refractivity contribution >= 4 is 27.5 Å². The summed E-state index contributed by atoms with van der Waals surface area (Å²) in [6.45, 7) is 3.90. The van der Waals surface area contributed by atoms with Crippen molar-refractivity contribution in [2.75, 3.05) is 17.1 Å². The van der Waals surface area contributed by atoms with Crippen LogP contribution in [0.2, 0.25) is 0 Å². The predicted molar refractivity (Wildman–Crippen MR) is 157 cm³/mol. The maximum atomic E-state index is 13.8. The summed E-state index contributed by atoms with van der Waals surface area (Å²) in [5.74, 6) is -1.55. The molecule has 220 valence electrons. The molecular formula is C31H37F2N3O4S. The summed E-state index contributed by atoms with van der Waals surface area (Å²) in [6, 6.07) is 19.2. The zero-order chi connectivity index (χ0) is 30.0. The van der Waals surface area contributed by atoms with Gasteiger partial charge in [0.05, 0.1) is 11.9 Å². The average molecular weight is 586 g/mol. The van der Waals surface area contributed by atoms with Crippen LogP contribution in [0.15, 0.2) is 78.9 Å². The van der Waals surface area contributed by atoms with E-state index in [1.165, 1.54) is 41.3 Å². The van der Waals surface area contributed by atoms with Gasteiger partial charge in [-0.1, -0.05) is 49.4 Å². The van der Waals surface area contributed by atoms with Gasteiger partial charge in [-0.3, -0.25) is 13.9 Å². The molecule has 0 saturated carbocycles. The SMILES string of the molecule is CCC(C)NC(=O)C(Cc1ccccc1)N(Cc1ccc(F)cc1)C(=O)CCCN(c1ccc(F)cc1)S(C)(=O)=O.